The van der Waals surface area contributed by atoms with Crippen LogP contribution < -0.4 is 5.32 Å². The monoisotopic (exact) mass is 457 g/mol. The third-order valence-electron chi connectivity index (χ3n) is 5.34. The number of carbonyl (C=O) groups is 1. The maximum absolute atomic E-state index is 12.7. The lowest BCUT2D eigenvalue weighted by Crippen LogP contribution is -2.30. The van der Waals surface area contributed by atoms with Gasteiger partial charge in [0, 0.05) is 16.1 Å². The van der Waals surface area contributed by atoms with Crippen molar-refractivity contribution in [3.05, 3.63) is 112 Å². The molecule has 2 heterocycles. The normalized spacial score (nSPS) is 14.5. The lowest BCUT2D eigenvalue weighted by molar-refractivity contribution is 0.135. The van der Waals surface area contributed by atoms with Crippen LogP contribution in [0.5, 0.6) is 0 Å². The maximum Gasteiger partial charge on any atom is 0.409 e. The first-order valence-electron chi connectivity index (χ1n) is 10.4. The molecule has 0 saturated heterocycles. The summed E-state index contributed by atoms with van der Waals surface area (Å²) in [6.07, 6.45) is -1.39. The van der Waals surface area contributed by atoms with Gasteiger partial charge in [-0.05, 0) is 30.7 Å². The average Bonchev–Trinajstić information content (AvgIpc) is 3.16. The van der Waals surface area contributed by atoms with E-state index in [0.29, 0.717) is 22.4 Å². The quantitative estimate of drug-likeness (QED) is 0.467. The molecule has 164 valence electrons. The number of hydrogen-bond donors (Lipinski definition) is 1. The molecule has 1 aliphatic heterocycles. The number of rotatable bonds is 4. The van der Waals surface area contributed by atoms with Crippen LogP contribution in [0, 0.1) is 6.92 Å². The SMILES string of the molecule is Cc1nnc2n1-c1ccccc1C(c1ccc(Cl)cc1)=NC2NC(=O)OCc1ccccc1. The predicted octanol–water partition coefficient (Wildman–Crippen LogP) is 5.01. The Bertz CT molecular complexity index is 1330. The molecule has 0 saturated carbocycles. The van der Waals surface area contributed by atoms with E-state index in [9.17, 15) is 4.79 Å². The smallest absolute Gasteiger partial charge is 0.409 e. The molecule has 0 fully saturated rings. The zero-order valence-electron chi connectivity index (χ0n) is 17.8. The lowest BCUT2D eigenvalue weighted by atomic mass is 10.0. The summed E-state index contributed by atoms with van der Waals surface area (Å²) in [5.74, 6) is 1.19. The van der Waals surface area contributed by atoms with Crippen molar-refractivity contribution in [2.24, 2.45) is 4.99 Å². The van der Waals surface area contributed by atoms with Gasteiger partial charge in [0.15, 0.2) is 12.0 Å². The van der Waals surface area contributed by atoms with Crippen LogP contribution in [0.15, 0.2) is 83.9 Å². The molecule has 1 aromatic heterocycles. The second-order valence-corrected chi connectivity index (χ2v) is 7.99. The van der Waals surface area contributed by atoms with Crippen LogP contribution in [0.1, 0.15) is 34.5 Å². The Balaban J connectivity index is 1.54. The van der Waals surface area contributed by atoms with Crippen LogP contribution in [0.25, 0.3) is 5.69 Å². The van der Waals surface area contributed by atoms with Gasteiger partial charge in [0.05, 0.1) is 11.4 Å². The number of hydrogen-bond acceptors (Lipinski definition) is 5. The number of benzene rings is 3. The second kappa shape index (κ2) is 8.88. The van der Waals surface area contributed by atoms with E-state index < -0.39 is 12.3 Å². The third kappa shape index (κ3) is 4.23. The van der Waals surface area contributed by atoms with Crippen molar-refractivity contribution >= 4 is 23.4 Å². The molecule has 33 heavy (non-hydrogen) atoms. The summed E-state index contributed by atoms with van der Waals surface area (Å²) in [6, 6.07) is 24.8. The van der Waals surface area contributed by atoms with Crippen molar-refractivity contribution in [3.8, 4) is 5.69 Å². The summed E-state index contributed by atoms with van der Waals surface area (Å²) in [6.45, 7) is 2.02. The van der Waals surface area contributed by atoms with Crippen LogP contribution in [-0.4, -0.2) is 26.6 Å². The molecule has 1 atom stereocenters. The highest BCUT2D eigenvalue weighted by Gasteiger charge is 2.29. The van der Waals surface area contributed by atoms with E-state index in [2.05, 4.69) is 15.5 Å². The van der Waals surface area contributed by atoms with Crippen molar-refractivity contribution in [1.29, 1.82) is 0 Å². The third-order valence-corrected chi connectivity index (χ3v) is 5.59. The van der Waals surface area contributed by atoms with Gasteiger partial charge in [-0.2, -0.15) is 0 Å². The first-order valence-corrected chi connectivity index (χ1v) is 10.8. The number of nitrogens with zero attached hydrogens (tertiary/aromatic N) is 4. The highest BCUT2D eigenvalue weighted by atomic mass is 35.5. The molecule has 5 rings (SSSR count). The largest absolute Gasteiger partial charge is 0.445 e. The van der Waals surface area contributed by atoms with Crippen molar-refractivity contribution in [2.45, 2.75) is 19.7 Å². The fourth-order valence-electron chi connectivity index (χ4n) is 3.79. The van der Waals surface area contributed by atoms with Gasteiger partial charge >= 0.3 is 6.09 Å². The number of para-hydroxylation sites is 1. The van der Waals surface area contributed by atoms with Gasteiger partial charge in [-0.25, -0.2) is 4.79 Å². The van der Waals surface area contributed by atoms with Gasteiger partial charge in [0.1, 0.15) is 12.4 Å². The van der Waals surface area contributed by atoms with E-state index in [1.165, 1.54) is 0 Å². The number of ether oxygens (including phenoxy) is 1. The minimum atomic E-state index is -0.799. The van der Waals surface area contributed by atoms with E-state index in [1.54, 1.807) is 0 Å². The molecular weight excluding hydrogens is 438 g/mol. The van der Waals surface area contributed by atoms with Gasteiger partial charge in [-0.1, -0.05) is 72.3 Å². The van der Waals surface area contributed by atoms with Gasteiger partial charge in [-0.15, -0.1) is 10.2 Å². The van der Waals surface area contributed by atoms with Crippen molar-refractivity contribution in [2.75, 3.05) is 0 Å². The Morgan fingerprint density at radius 2 is 1.73 bits per heavy atom. The van der Waals surface area contributed by atoms with Gasteiger partial charge in [-0.3, -0.25) is 14.9 Å². The molecule has 0 bridgehead atoms. The molecule has 0 radical (unpaired) electrons. The molecule has 3 aromatic carbocycles. The zero-order chi connectivity index (χ0) is 22.8. The van der Waals surface area contributed by atoms with E-state index >= 15 is 0 Å². The Hall–Kier alpha value is -3.97. The van der Waals surface area contributed by atoms with Crippen molar-refractivity contribution in [3.63, 3.8) is 0 Å². The number of alkyl carbamates (subject to hydrolysis) is 1. The van der Waals surface area contributed by atoms with Gasteiger partial charge in [0.2, 0.25) is 0 Å². The molecule has 7 nitrogen and oxygen atoms in total. The summed E-state index contributed by atoms with van der Waals surface area (Å²) < 4.78 is 7.34. The van der Waals surface area contributed by atoms with E-state index in [0.717, 1.165) is 22.4 Å². The standard InChI is InChI=1S/C25H20ClN5O2/c1-16-29-30-24-23(28-25(32)33-15-17-7-3-2-4-8-17)27-22(18-11-13-19(26)14-12-18)20-9-5-6-10-21(20)31(16)24/h2-14,23H,15H2,1H3,(H,28,32). The first-order chi connectivity index (χ1) is 16.1. The van der Waals surface area contributed by atoms with Crippen LogP contribution >= 0.6 is 11.6 Å². The predicted molar refractivity (Wildman–Crippen MR) is 126 cm³/mol. The van der Waals surface area contributed by atoms with Crippen LogP contribution in [-0.2, 0) is 11.3 Å². The van der Waals surface area contributed by atoms with Crippen LogP contribution in [0.2, 0.25) is 5.02 Å². The summed E-state index contributed by atoms with van der Waals surface area (Å²) >= 11 is 6.11. The number of aryl methyl sites for hydroxylation is 1. The Labute approximate surface area is 195 Å². The lowest BCUT2D eigenvalue weighted by Gasteiger charge is -2.14. The highest BCUT2D eigenvalue weighted by Crippen LogP contribution is 2.30. The Kier molecular flexibility index (Phi) is 5.62. The number of fused-ring (bicyclic) bond motifs is 3. The summed E-state index contributed by atoms with van der Waals surface area (Å²) in [5.41, 5.74) is 4.25. The molecule has 1 amide bonds. The fourth-order valence-corrected chi connectivity index (χ4v) is 3.92. The molecule has 1 aliphatic rings. The Morgan fingerprint density at radius 1 is 1.00 bits per heavy atom. The number of halogens is 1. The molecule has 1 unspecified atom stereocenters. The summed E-state index contributed by atoms with van der Waals surface area (Å²) in [7, 11) is 0. The van der Waals surface area contributed by atoms with Crippen LogP contribution in [0.4, 0.5) is 4.79 Å². The molecule has 8 heteroatoms. The highest BCUT2D eigenvalue weighted by molar-refractivity contribution is 6.30. The molecule has 1 N–H and O–H groups in total. The fraction of sp³-hybridized carbons (Fsp3) is 0.120. The number of carbonyl (C=O) groups excluding carboxylic acids is 1. The Morgan fingerprint density at radius 3 is 2.52 bits per heavy atom. The number of amides is 1. The number of nitrogens with one attached hydrogen (secondary N) is 1. The van der Waals surface area contributed by atoms with Gasteiger partial charge < -0.3 is 4.74 Å². The van der Waals surface area contributed by atoms with Crippen LogP contribution in [0.3, 0.4) is 0 Å². The first kappa shape index (κ1) is 20.9. The summed E-state index contributed by atoms with van der Waals surface area (Å²) in [5, 5.41) is 12.0. The summed E-state index contributed by atoms with van der Waals surface area (Å²) in [4.78, 5) is 17.6. The molecular formula is C25H20ClN5O2. The average molecular weight is 458 g/mol. The second-order valence-electron chi connectivity index (χ2n) is 7.55. The minimum absolute atomic E-state index is 0.152. The maximum atomic E-state index is 12.7. The van der Waals surface area contributed by atoms with Crippen molar-refractivity contribution < 1.29 is 9.53 Å². The van der Waals surface area contributed by atoms with Gasteiger partial charge in [0.25, 0.3) is 0 Å². The van der Waals surface area contributed by atoms with E-state index in [-0.39, 0.29) is 6.61 Å². The molecule has 0 aliphatic carbocycles. The topological polar surface area (TPSA) is 81.4 Å². The number of aliphatic imine (C=N–C) groups is 1. The zero-order valence-corrected chi connectivity index (χ0v) is 18.5. The van der Waals surface area contributed by atoms with E-state index in [4.69, 9.17) is 21.3 Å². The minimum Gasteiger partial charge on any atom is -0.445 e. The number of aromatic nitrogens is 3. The van der Waals surface area contributed by atoms with E-state index in [1.807, 2.05) is 90.4 Å². The molecule has 4 aromatic rings. The molecule has 0 spiro atoms. The van der Waals surface area contributed by atoms with Crippen molar-refractivity contribution in [1.82, 2.24) is 20.1 Å².